The Kier molecular flexibility index (Phi) is 9.51. The monoisotopic (exact) mass is 584 g/mol. The molecular weight excluding hydrogens is 548 g/mol. The molecule has 1 aliphatic heterocycles. The van der Waals surface area contributed by atoms with Crippen LogP contribution in [0.1, 0.15) is 56.7 Å². The van der Waals surface area contributed by atoms with Gasteiger partial charge in [0.2, 0.25) is 0 Å². The minimum Gasteiger partial charge on any atom is -0.494 e. The standard InChI is InChI=1S/C33H36N4O6/c1-21-19-27-28(20-26(21)33(40)41)35-32(39)29(27)30(22-7-4-3-5-8-22)34-24-11-9-23(10-12-24)31(38)36-43-18-6-15-37-16-13-25(42-2)14-17-37/h3-5,7-12,19-20,25,35,39H,6,13-18H2,1-2H3,(H,36,38)(H,40,41). The maximum atomic E-state index is 12.6. The van der Waals surface area contributed by atoms with Gasteiger partial charge in [-0.3, -0.25) is 9.63 Å². The van der Waals surface area contributed by atoms with Crippen molar-refractivity contribution in [2.75, 3.05) is 33.4 Å². The van der Waals surface area contributed by atoms with Crippen LogP contribution in [0.15, 0.2) is 71.7 Å². The molecule has 1 aliphatic rings. The van der Waals surface area contributed by atoms with Crippen molar-refractivity contribution in [2.45, 2.75) is 32.3 Å². The molecule has 4 N–H and O–H groups in total. The molecule has 5 rings (SSSR count). The number of ether oxygens (including phenoxy) is 1. The van der Waals surface area contributed by atoms with Gasteiger partial charge < -0.3 is 24.8 Å². The van der Waals surface area contributed by atoms with Gasteiger partial charge in [0.1, 0.15) is 0 Å². The molecule has 0 spiro atoms. The van der Waals surface area contributed by atoms with Crippen LogP contribution in [0.5, 0.6) is 5.88 Å². The predicted octanol–water partition coefficient (Wildman–Crippen LogP) is 5.21. The van der Waals surface area contributed by atoms with Crippen LogP contribution in [-0.4, -0.2) is 77.1 Å². The van der Waals surface area contributed by atoms with Crippen molar-refractivity contribution in [3.05, 3.63) is 94.5 Å². The molecule has 1 saturated heterocycles. The summed E-state index contributed by atoms with van der Waals surface area (Å²) in [6.45, 7) is 5.07. The van der Waals surface area contributed by atoms with Crippen LogP contribution in [0.25, 0.3) is 10.9 Å². The summed E-state index contributed by atoms with van der Waals surface area (Å²) < 4.78 is 5.41. The number of nitrogens with zero attached hydrogens (tertiary/aromatic N) is 2. The predicted molar refractivity (Wildman–Crippen MR) is 164 cm³/mol. The first-order valence-corrected chi connectivity index (χ1v) is 14.3. The number of fused-ring (bicyclic) bond motifs is 1. The number of piperidine rings is 1. The van der Waals surface area contributed by atoms with E-state index in [0.717, 1.165) is 44.5 Å². The molecule has 1 aromatic heterocycles. The van der Waals surface area contributed by atoms with E-state index in [1.54, 1.807) is 44.4 Å². The number of carbonyl (C=O) groups is 2. The van der Waals surface area contributed by atoms with Crippen LogP contribution in [0.4, 0.5) is 5.69 Å². The largest absolute Gasteiger partial charge is 0.494 e. The van der Waals surface area contributed by atoms with Crippen molar-refractivity contribution < 1.29 is 29.4 Å². The van der Waals surface area contributed by atoms with Crippen LogP contribution in [0.2, 0.25) is 0 Å². The zero-order chi connectivity index (χ0) is 30.3. The molecule has 1 amide bonds. The Bertz CT molecular complexity index is 1610. The molecule has 0 unspecified atom stereocenters. The number of aromatic hydroxyl groups is 1. The van der Waals surface area contributed by atoms with E-state index in [-0.39, 0.29) is 17.4 Å². The van der Waals surface area contributed by atoms with Crippen LogP contribution < -0.4 is 5.48 Å². The number of aryl methyl sites for hydroxylation is 1. The Labute approximate surface area is 249 Å². The fourth-order valence-electron chi connectivity index (χ4n) is 5.39. The number of methoxy groups -OCH3 is 1. The van der Waals surface area contributed by atoms with Crippen molar-refractivity contribution >= 4 is 34.2 Å². The van der Waals surface area contributed by atoms with Gasteiger partial charge in [-0.1, -0.05) is 30.3 Å². The molecule has 4 aromatic rings. The second kappa shape index (κ2) is 13.6. The third-order valence-corrected chi connectivity index (χ3v) is 7.76. The Balaban J connectivity index is 1.28. The number of carboxylic acid groups (broad SMARTS) is 1. The first kappa shape index (κ1) is 30.0. The van der Waals surface area contributed by atoms with Gasteiger partial charge in [0.15, 0.2) is 5.88 Å². The van der Waals surface area contributed by atoms with Crippen molar-refractivity contribution in [3.8, 4) is 5.88 Å². The number of rotatable bonds is 11. The summed E-state index contributed by atoms with van der Waals surface area (Å²) in [6.07, 6.45) is 3.24. The first-order chi connectivity index (χ1) is 20.8. The maximum Gasteiger partial charge on any atom is 0.336 e. The second-order valence-electron chi connectivity index (χ2n) is 10.6. The number of hydrogen-bond acceptors (Lipinski definition) is 7. The molecule has 0 atom stereocenters. The number of carboxylic acids is 1. The molecule has 224 valence electrons. The molecule has 3 aromatic carbocycles. The zero-order valence-electron chi connectivity index (χ0n) is 24.3. The number of aliphatic imine (C=N–C) groups is 1. The van der Waals surface area contributed by atoms with E-state index < -0.39 is 5.97 Å². The zero-order valence-corrected chi connectivity index (χ0v) is 24.3. The number of benzene rings is 3. The highest BCUT2D eigenvalue weighted by Crippen LogP contribution is 2.33. The Morgan fingerprint density at radius 1 is 1.05 bits per heavy atom. The summed E-state index contributed by atoms with van der Waals surface area (Å²) in [5.74, 6) is -1.51. The summed E-state index contributed by atoms with van der Waals surface area (Å²) >= 11 is 0. The normalized spacial score (nSPS) is 14.7. The highest BCUT2D eigenvalue weighted by molar-refractivity contribution is 6.22. The Morgan fingerprint density at radius 3 is 2.44 bits per heavy atom. The quantitative estimate of drug-likeness (QED) is 0.108. The summed E-state index contributed by atoms with van der Waals surface area (Å²) in [5, 5.41) is 21.1. The minimum absolute atomic E-state index is 0.118. The number of hydrogen-bond donors (Lipinski definition) is 4. The van der Waals surface area contributed by atoms with Crippen LogP contribution in [-0.2, 0) is 9.57 Å². The van der Waals surface area contributed by atoms with Crippen LogP contribution >= 0.6 is 0 Å². The minimum atomic E-state index is -1.04. The molecule has 0 radical (unpaired) electrons. The van der Waals surface area contributed by atoms with Crippen molar-refractivity contribution in [1.82, 2.24) is 15.4 Å². The van der Waals surface area contributed by atoms with Gasteiger partial charge in [-0.25, -0.2) is 15.3 Å². The fourth-order valence-corrected chi connectivity index (χ4v) is 5.39. The van der Waals surface area contributed by atoms with E-state index in [4.69, 9.17) is 14.6 Å². The Morgan fingerprint density at radius 2 is 1.77 bits per heavy atom. The van der Waals surface area contributed by atoms with Crippen LogP contribution in [0, 0.1) is 6.92 Å². The molecule has 0 saturated carbocycles. The van der Waals surface area contributed by atoms with E-state index in [9.17, 15) is 19.8 Å². The van der Waals surface area contributed by atoms with Crippen molar-refractivity contribution in [1.29, 1.82) is 0 Å². The molecular formula is C33H36N4O6. The highest BCUT2D eigenvalue weighted by Gasteiger charge is 2.21. The van der Waals surface area contributed by atoms with Gasteiger partial charge in [0, 0.05) is 48.8 Å². The van der Waals surface area contributed by atoms with Gasteiger partial charge in [0.25, 0.3) is 5.91 Å². The number of nitrogens with one attached hydrogen (secondary N) is 2. The SMILES string of the molecule is COC1CCN(CCCONC(=O)c2ccc(N=C(c3ccccc3)c3c(O)[nH]c4cc(C(=O)O)c(C)cc34)cc2)CC1. The molecule has 2 heterocycles. The second-order valence-corrected chi connectivity index (χ2v) is 10.6. The van der Waals surface area contributed by atoms with E-state index >= 15 is 0 Å². The summed E-state index contributed by atoms with van der Waals surface area (Å²) in [6, 6.07) is 19.4. The summed E-state index contributed by atoms with van der Waals surface area (Å²) in [7, 11) is 1.76. The molecule has 10 nitrogen and oxygen atoms in total. The lowest BCUT2D eigenvalue weighted by molar-refractivity contribution is 0.0197. The molecule has 0 bridgehead atoms. The van der Waals surface area contributed by atoms with Crippen LogP contribution in [0.3, 0.4) is 0 Å². The van der Waals surface area contributed by atoms with Crippen molar-refractivity contribution in [3.63, 3.8) is 0 Å². The smallest absolute Gasteiger partial charge is 0.336 e. The number of hydroxylamine groups is 1. The Hall–Kier alpha value is -4.51. The first-order valence-electron chi connectivity index (χ1n) is 14.3. The lowest BCUT2D eigenvalue weighted by Crippen LogP contribution is -2.37. The van der Waals surface area contributed by atoms with Gasteiger partial charge >= 0.3 is 5.97 Å². The number of carbonyl (C=O) groups excluding carboxylic acids is 1. The number of amides is 1. The van der Waals surface area contributed by atoms with Gasteiger partial charge in [0.05, 0.1) is 35.2 Å². The lowest BCUT2D eigenvalue weighted by Gasteiger charge is -2.30. The third kappa shape index (κ3) is 7.11. The van der Waals surface area contributed by atoms with E-state index in [2.05, 4.69) is 15.4 Å². The number of aromatic amines is 1. The van der Waals surface area contributed by atoms with Gasteiger partial charge in [-0.05, 0) is 68.1 Å². The van der Waals surface area contributed by atoms with Crippen molar-refractivity contribution in [2.24, 2.45) is 4.99 Å². The molecule has 43 heavy (non-hydrogen) atoms. The average Bonchev–Trinajstić information content (AvgIpc) is 3.34. The topological polar surface area (TPSA) is 136 Å². The molecule has 0 aliphatic carbocycles. The fraction of sp³-hybridized carbons (Fsp3) is 0.303. The number of aromatic nitrogens is 1. The summed E-state index contributed by atoms with van der Waals surface area (Å²) in [4.78, 5) is 39.9. The number of likely N-dealkylation sites (tertiary alicyclic amines) is 1. The molecule has 10 heteroatoms. The van der Waals surface area contributed by atoms with Gasteiger partial charge in [-0.15, -0.1) is 0 Å². The number of H-pyrrole nitrogens is 1. The maximum absolute atomic E-state index is 12.6. The van der Waals surface area contributed by atoms with E-state index in [1.807, 2.05) is 30.3 Å². The molecule has 1 fully saturated rings. The van der Waals surface area contributed by atoms with E-state index in [1.165, 1.54) is 6.07 Å². The lowest BCUT2D eigenvalue weighted by atomic mass is 9.98. The summed E-state index contributed by atoms with van der Waals surface area (Å²) in [5.41, 5.74) is 6.43. The third-order valence-electron chi connectivity index (χ3n) is 7.76. The van der Waals surface area contributed by atoms with E-state index in [0.29, 0.717) is 51.7 Å². The van der Waals surface area contributed by atoms with Gasteiger partial charge in [-0.2, -0.15) is 0 Å². The number of aromatic carboxylic acids is 1. The highest BCUT2D eigenvalue weighted by atomic mass is 16.6. The average molecular weight is 585 g/mol.